The molecule has 2 N–H and O–H groups in total. The molecule has 0 unspecified atom stereocenters. The van der Waals surface area contributed by atoms with Gasteiger partial charge in [-0.3, -0.25) is 10.00 Å². The second-order valence-electron chi connectivity index (χ2n) is 5.50. The lowest BCUT2D eigenvalue weighted by atomic mass is 10.2. The number of para-hydroxylation sites is 1. The molecule has 0 radical (unpaired) electrons. The Morgan fingerprint density at radius 2 is 1.84 bits per heavy atom. The quantitative estimate of drug-likeness (QED) is 0.726. The van der Waals surface area contributed by atoms with Gasteiger partial charge in [-0.25, -0.2) is 4.79 Å². The number of hydrogen-bond acceptors (Lipinski definition) is 3. The average Bonchev–Trinajstić information content (AvgIpc) is 3.07. The molecule has 6 nitrogen and oxygen atoms in total. The number of ether oxygens (including phenoxy) is 1. The van der Waals surface area contributed by atoms with Crippen molar-refractivity contribution in [1.29, 1.82) is 0 Å². The second kappa shape index (κ2) is 8.01. The number of anilines is 1. The Kier molecular flexibility index (Phi) is 5.31. The van der Waals surface area contributed by atoms with E-state index in [0.29, 0.717) is 18.9 Å². The molecule has 0 saturated carbocycles. The Morgan fingerprint density at radius 3 is 2.64 bits per heavy atom. The Balaban J connectivity index is 1.53. The minimum absolute atomic E-state index is 0.309. The van der Waals surface area contributed by atoms with Gasteiger partial charge in [0.05, 0.1) is 13.7 Å². The summed E-state index contributed by atoms with van der Waals surface area (Å²) in [5, 5.41) is 9.89. The van der Waals surface area contributed by atoms with Crippen molar-refractivity contribution in [3.63, 3.8) is 0 Å². The third-order valence-electron chi connectivity index (χ3n) is 3.70. The predicted octanol–water partition coefficient (Wildman–Crippen LogP) is 3.26. The van der Waals surface area contributed by atoms with Crippen molar-refractivity contribution in [2.45, 2.75) is 13.1 Å². The summed E-state index contributed by atoms with van der Waals surface area (Å²) in [7, 11) is 1.61. The van der Waals surface area contributed by atoms with E-state index in [1.807, 2.05) is 60.8 Å². The average molecular weight is 336 g/mol. The van der Waals surface area contributed by atoms with Gasteiger partial charge in [-0.05, 0) is 11.6 Å². The Bertz CT molecular complexity index is 830. The van der Waals surface area contributed by atoms with Gasteiger partial charge in [-0.15, -0.1) is 0 Å². The summed E-state index contributed by atoms with van der Waals surface area (Å²) in [6.07, 6.45) is 1.84. The summed E-state index contributed by atoms with van der Waals surface area (Å²) in [4.78, 5) is 12.0. The topological polar surface area (TPSA) is 68.2 Å². The van der Waals surface area contributed by atoms with Crippen LogP contribution in [-0.4, -0.2) is 22.9 Å². The van der Waals surface area contributed by atoms with Crippen molar-refractivity contribution in [1.82, 2.24) is 15.1 Å². The van der Waals surface area contributed by atoms with Crippen LogP contribution in [0.3, 0.4) is 0 Å². The smallest absolute Gasteiger partial charge is 0.320 e. The third kappa shape index (κ3) is 4.60. The molecule has 2 aromatic carbocycles. The van der Waals surface area contributed by atoms with Crippen LogP contribution in [0.4, 0.5) is 10.6 Å². The van der Waals surface area contributed by atoms with E-state index in [2.05, 4.69) is 15.7 Å². The first-order chi connectivity index (χ1) is 12.2. The van der Waals surface area contributed by atoms with Crippen molar-refractivity contribution in [2.24, 2.45) is 0 Å². The minimum atomic E-state index is -0.309. The number of aromatic nitrogens is 2. The predicted molar refractivity (Wildman–Crippen MR) is 96.6 cm³/mol. The molecule has 2 amide bonds. The summed E-state index contributed by atoms with van der Waals surface area (Å²) in [5.74, 6) is 1.25. The first-order valence-corrected chi connectivity index (χ1v) is 7.99. The summed E-state index contributed by atoms with van der Waals surface area (Å²) in [6.45, 7) is 1.03. The molecule has 3 rings (SSSR count). The highest BCUT2D eigenvalue weighted by atomic mass is 16.5. The summed E-state index contributed by atoms with van der Waals surface area (Å²) in [6, 6.07) is 19.1. The molecule has 0 fully saturated rings. The van der Waals surface area contributed by atoms with Crippen molar-refractivity contribution in [2.75, 3.05) is 12.4 Å². The maximum absolute atomic E-state index is 12.0. The van der Waals surface area contributed by atoms with Crippen molar-refractivity contribution in [3.8, 4) is 5.75 Å². The molecule has 0 atom stereocenters. The molecule has 0 aliphatic carbocycles. The number of carbonyl (C=O) groups excluding carboxylic acids is 1. The highest BCUT2D eigenvalue weighted by Crippen LogP contribution is 2.16. The number of amides is 2. The summed E-state index contributed by atoms with van der Waals surface area (Å²) < 4.78 is 7.05. The van der Waals surface area contributed by atoms with Gasteiger partial charge in [0.25, 0.3) is 0 Å². The summed E-state index contributed by atoms with van der Waals surface area (Å²) >= 11 is 0. The summed E-state index contributed by atoms with van der Waals surface area (Å²) in [5.41, 5.74) is 2.06. The molecule has 3 aromatic rings. The zero-order chi connectivity index (χ0) is 17.5. The second-order valence-corrected chi connectivity index (χ2v) is 5.50. The van der Waals surface area contributed by atoms with E-state index in [4.69, 9.17) is 4.74 Å². The van der Waals surface area contributed by atoms with Gasteiger partial charge < -0.3 is 10.1 Å². The fourth-order valence-electron chi connectivity index (χ4n) is 2.47. The molecule has 6 heteroatoms. The Morgan fingerprint density at radius 1 is 1.08 bits per heavy atom. The number of hydrogen-bond donors (Lipinski definition) is 2. The van der Waals surface area contributed by atoms with Gasteiger partial charge in [-0.2, -0.15) is 5.10 Å². The number of nitrogens with zero attached hydrogens (tertiary/aromatic N) is 2. The van der Waals surface area contributed by atoms with E-state index in [1.165, 1.54) is 0 Å². The van der Waals surface area contributed by atoms with Crippen LogP contribution >= 0.6 is 0 Å². The standard InChI is InChI=1S/C19H20N4O2/c1-25-17-10-6-5-9-16(17)13-20-19(24)21-18-11-12-23(22-18)14-15-7-3-2-4-8-15/h2-12H,13-14H2,1H3,(H2,20,21,22,24). The molecule has 1 aromatic heterocycles. The number of urea groups is 1. The SMILES string of the molecule is COc1ccccc1CNC(=O)Nc1ccn(Cc2ccccc2)n1. The van der Waals surface area contributed by atoms with E-state index >= 15 is 0 Å². The molecule has 0 aliphatic heterocycles. The number of benzene rings is 2. The molecule has 128 valence electrons. The van der Waals surface area contributed by atoms with Crippen LogP contribution in [0, 0.1) is 0 Å². The van der Waals surface area contributed by atoms with Gasteiger partial charge in [0.15, 0.2) is 5.82 Å². The Hall–Kier alpha value is -3.28. The molecule has 0 aliphatic rings. The van der Waals surface area contributed by atoms with Crippen molar-refractivity contribution >= 4 is 11.8 Å². The zero-order valence-electron chi connectivity index (χ0n) is 14.0. The maximum Gasteiger partial charge on any atom is 0.320 e. The lowest BCUT2D eigenvalue weighted by Gasteiger charge is -2.09. The maximum atomic E-state index is 12.0. The van der Waals surface area contributed by atoms with E-state index in [-0.39, 0.29) is 6.03 Å². The van der Waals surface area contributed by atoms with E-state index in [1.54, 1.807) is 17.9 Å². The molecule has 1 heterocycles. The largest absolute Gasteiger partial charge is 0.496 e. The lowest BCUT2D eigenvalue weighted by Crippen LogP contribution is -2.28. The monoisotopic (exact) mass is 336 g/mol. The van der Waals surface area contributed by atoms with Crippen molar-refractivity contribution < 1.29 is 9.53 Å². The van der Waals surface area contributed by atoms with Gasteiger partial charge in [-0.1, -0.05) is 48.5 Å². The van der Waals surface area contributed by atoms with Crippen LogP contribution in [0.5, 0.6) is 5.75 Å². The zero-order valence-corrected chi connectivity index (χ0v) is 14.0. The first kappa shape index (κ1) is 16.6. The number of nitrogens with one attached hydrogen (secondary N) is 2. The van der Waals surface area contributed by atoms with Crippen LogP contribution in [-0.2, 0) is 13.1 Å². The normalized spacial score (nSPS) is 10.3. The van der Waals surface area contributed by atoms with Gasteiger partial charge in [0.1, 0.15) is 5.75 Å². The minimum Gasteiger partial charge on any atom is -0.496 e. The van der Waals surface area contributed by atoms with Crippen LogP contribution in [0.25, 0.3) is 0 Å². The highest BCUT2D eigenvalue weighted by molar-refractivity contribution is 5.88. The molecule has 0 bridgehead atoms. The van der Waals surface area contributed by atoms with E-state index in [0.717, 1.165) is 16.9 Å². The van der Waals surface area contributed by atoms with E-state index in [9.17, 15) is 4.79 Å². The molecule has 25 heavy (non-hydrogen) atoms. The number of methoxy groups -OCH3 is 1. The van der Waals surface area contributed by atoms with Crippen molar-refractivity contribution in [3.05, 3.63) is 78.0 Å². The Labute approximate surface area is 146 Å². The first-order valence-electron chi connectivity index (χ1n) is 7.99. The molecular weight excluding hydrogens is 316 g/mol. The molecular formula is C19H20N4O2. The van der Waals surface area contributed by atoms with Gasteiger partial charge in [0.2, 0.25) is 0 Å². The fraction of sp³-hybridized carbons (Fsp3) is 0.158. The van der Waals surface area contributed by atoms with Crippen LogP contribution in [0.1, 0.15) is 11.1 Å². The van der Waals surface area contributed by atoms with Gasteiger partial charge in [0, 0.05) is 24.4 Å². The van der Waals surface area contributed by atoms with Crippen LogP contribution in [0.15, 0.2) is 66.9 Å². The molecule has 0 saturated heterocycles. The van der Waals surface area contributed by atoms with Gasteiger partial charge >= 0.3 is 6.03 Å². The lowest BCUT2D eigenvalue weighted by molar-refractivity contribution is 0.251. The molecule has 0 spiro atoms. The van der Waals surface area contributed by atoms with Crippen LogP contribution in [0.2, 0.25) is 0 Å². The number of rotatable bonds is 6. The third-order valence-corrected chi connectivity index (χ3v) is 3.70. The fourth-order valence-corrected chi connectivity index (χ4v) is 2.47. The van der Waals surface area contributed by atoms with Crippen LogP contribution < -0.4 is 15.4 Å². The van der Waals surface area contributed by atoms with E-state index < -0.39 is 0 Å². The highest BCUT2D eigenvalue weighted by Gasteiger charge is 2.07. The number of carbonyl (C=O) groups is 1.